The summed E-state index contributed by atoms with van der Waals surface area (Å²) in [5.41, 5.74) is 0.742. The molecule has 0 saturated carbocycles. The molecule has 34 heavy (non-hydrogen) atoms. The monoisotopic (exact) mass is 510 g/mol. The van der Waals surface area contributed by atoms with Gasteiger partial charge in [0.25, 0.3) is 0 Å². The zero-order valence-corrected chi connectivity index (χ0v) is 19.9. The van der Waals surface area contributed by atoms with Crippen LogP contribution >= 0.6 is 11.6 Å². The molecule has 0 atom stereocenters. The van der Waals surface area contributed by atoms with Crippen LogP contribution in [0.2, 0.25) is 5.02 Å². The summed E-state index contributed by atoms with van der Waals surface area (Å²) in [6.45, 7) is 2.81. The van der Waals surface area contributed by atoms with Crippen molar-refractivity contribution in [1.82, 2.24) is 4.31 Å². The zero-order valence-electron chi connectivity index (χ0n) is 18.4. The van der Waals surface area contributed by atoms with E-state index in [1.54, 1.807) is 37.3 Å². The number of aryl methyl sites for hydroxylation is 2. The number of carbonyl (C=O) groups is 1. The van der Waals surface area contributed by atoms with Gasteiger partial charge < -0.3 is 5.32 Å². The first-order valence-electron chi connectivity index (χ1n) is 10.2. The lowest BCUT2D eigenvalue weighted by Gasteiger charge is -2.23. The van der Waals surface area contributed by atoms with Gasteiger partial charge in [0, 0.05) is 11.6 Å². The summed E-state index contributed by atoms with van der Waals surface area (Å²) >= 11 is 5.69. The summed E-state index contributed by atoms with van der Waals surface area (Å²) in [7, 11) is -4.13. The van der Waals surface area contributed by atoms with E-state index in [0.717, 1.165) is 21.5 Å². The summed E-state index contributed by atoms with van der Waals surface area (Å²) in [4.78, 5) is 12.7. The fourth-order valence-corrected chi connectivity index (χ4v) is 4.87. The van der Waals surface area contributed by atoms with Gasteiger partial charge in [0.2, 0.25) is 15.9 Å². The van der Waals surface area contributed by atoms with Crippen molar-refractivity contribution in [1.29, 1.82) is 0 Å². The highest BCUT2D eigenvalue weighted by atomic mass is 35.5. The summed E-state index contributed by atoms with van der Waals surface area (Å²) in [5.74, 6) is -0.920. The van der Waals surface area contributed by atoms with E-state index in [-0.39, 0.29) is 16.5 Å². The third-order valence-corrected chi connectivity index (χ3v) is 7.02. The maximum Gasteiger partial charge on any atom is 0.418 e. The summed E-state index contributed by atoms with van der Waals surface area (Å²) in [6, 6.07) is 16.1. The second kappa shape index (κ2) is 10.2. The van der Waals surface area contributed by atoms with Crippen molar-refractivity contribution < 1.29 is 26.4 Å². The Morgan fingerprint density at radius 1 is 0.971 bits per heavy atom. The molecular weight excluding hydrogens is 489 g/mol. The molecule has 0 fully saturated rings. The number of carbonyl (C=O) groups excluding carboxylic acids is 1. The summed E-state index contributed by atoms with van der Waals surface area (Å²) in [6.07, 6.45) is -4.76. The molecule has 0 aliphatic rings. The maximum atomic E-state index is 13.4. The van der Waals surface area contributed by atoms with Crippen LogP contribution in [0.15, 0.2) is 71.6 Å². The molecule has 0 aromatic heterocycles. The first-order chi connectivity index (χ1) is 15.9. The summed E-state index contributed by atoms with van der Waals surface area (Å²) in [5, 5.41) is 2.04. The predicted molar refractivity (Wildman–Crippen MR) is 125 cm³/mol. The Balaban J connectivity index is 1.93. The van der Waals surface area contributed by atoms with E-state index in [0.29, 0.717) is 11.6 Å². The Kier molecular flexibility index (Phi) is 7.70. The number of halogens is 4. The SMILES string of the molecule is Cc1ccc(S(=O)(=O)N(CC(=O)Nc2ccc(Cl)cc2C(F)(F)F)Cc2cccc(C)c2)cc1. The van der Waals surface area contributed by atoms with E-state index in [1.807, 2.05) is 13.0 Å². The number of alkyl halides is 3. The number of amides is 1. The van der Waals surface area contributed by atoms with Crippen LogP contribution in [0.5, 0.6) is 0 Å². The maximum absolute atomic E-state index is 13.4. The molecule has 3 aromatic rings. The van der Waals surface area contributed by atoms with Gasteiger partial charge in [-0.1, -0.05) is 59.1 Å². The van der Waals surface area contributed by atoms with Crippen molar-refractivity contribution in [2.75, 3.05) is 11.9 Å². The number of nitrogens with one attached hydrogen (secondary N) is 1. The molecule has 0 spiro atoms. The van der Waals surface area contributed by atoms with Gasteiger partial charge in [0.05, 0.1) is 22.7 Å². The van der Waals surface area contributed by atoms with Crippen molar-refractivity contribution in [2.24, 2.45) is 0 Å². The first kappa shape index (κ1) is 25.7. The molecule has 3 aromatic carbocycles. The van der Waals surface area contributed by atoms with Crippen LogP contribution in [0, 0.1) is 13.8 Å². The Bertz CT molecular complexity index is 1290. The number of benzene rings is 3. The fraction of sp³-hybridized carbons (Fsp3) is 0.208. The molecule has 0 heterocycles. The minimum absolute atomic E-state index is 0.0268. The van der Waals surface area contributed by atoms with Crippen molar-refractivity contribution >= 4 is 33.2 Å². The Morgan fingerprint density at radius 3 is 2.26 bits per heavy atom. The lowest BCUT2D eigenvalue weighted by molar-refractivity contribution is -0.137. The van der Waals surface area contributed by atoms with Gasteiger partial charge in [-0.05, 0) is 49.7 Å². The Labute approximate surface area is 201 Å². The molecule has 10 heteroatoms. The lowest BCUT2D eigenvalue weighted by atomic mass is 10.1. The van der Waals surface area contributed by atoms with E-state index >= 15 is 0 Å². The average Bonchev–Trinajstić information content (AvgIpc) is 2.74. The van der Waals surface area contributed by atoms with E-state index in [9.17, 15) is 26.4 Å². The molecule has 180 valence electrons. The fourth-order valence-electron chi connectivity index (χ4n) is 3.31. The molecule has 0 unspecified atom stereocenters. The lowest BCUT2D eigenvalue weighted by Crippen LogP contribution is -2.37. The van der Waals surface area contributed by atoms with E-state index in [4.69, 9.17) is 11.6 Å². The number of sulfonamides is 1. The second-order valence-electron chi connectivity index (χ2n) is 7.81. The number of rotatable bonds is 7. The molecule has 0 aliphatic carbocycles. The van der Waals surface area contributed by atoms with Crippen molar-refractivity contribution in [3.8, 4) is 0 Å². The number of nitrogens with zero attached hydrogens (tertiary/aromatic N) is 1. The highest BCUT2D eigenvalue weighted by molar-refractivity contribution is 7.89. The normalized spacial score (nSPS) is 12.1. The van der Waals surface area contributed by atoms with E-state index in [1.165, 1.54) is 18.2 Å². The van der Waals surface area contributed by atoms with Crippen LogP contribution in [0.3, 0.4) is 0 Å². The second-order valence-corrected chi connectivity index (χ2v) is 10.2. The molecule has 5 nitrogen and oxygen atoms in total. The minimum atomic E-state index is -4.76. The van der Waals surface area contributed by atoms with Crippen molar-refractivity contribution in [3.63, 3.8) is 0 Å². The van der Waals surface area contributed by atoms with Gasteiger partial charge in [-0.25, -0.2) is 8.42 Å². The standard InChI is InChI=1S/C24H22ClF3N2O3S/c1-16-6-9-20(10-7-16)34(32,33)30(14-18-5-3-4-17(2)12-18)15-23(31)29-22-11-8-19(25)13-21(22)24(26,27)28/h3-13H,14-15H2,1-2H3,(H,29,31). The molecule has 0 radical (unpaired) electrons. The van der Waals surface area contributed by atoms with Crippen LogP contribution < -0.4 is 5.32 Å². The number of anilines is 1. The number of hydrogen-bond donors (Lipinski definition) is 1. The van der Waals surface area contributed by atoms with Crippen LogP contribution in [0.1, 0.15) is 22.3 Å². The van der Waals surface area contributed by atoms with Crippen LogP contribution in [0.4, 0.5) is 18.9 Å². The van der Waals surface area contributed by atoms with Gasteiger partial charge in [0.1, 0.15) is 0 Å². The topological polar surface area (TPSA) is 66.5 Å². The molecular formula is C24H22ClF3N2O3S. The highest BCUT2D eigenvalue weighted by Crippen LogP contribution is 2.36. The molecule has 1 N–H and O–H groups in total. The molecule has 0 saturated heterocycles. The van der Waals surface area contributed by atoms with Crippen LogP contribution in [0.25, 0.3) is 0 Å². The highest BCUT2D eigenvalue weighted by Gasteiger charge is 2.35. The van der Waals surface area contributed by atoms with Crippen LogP contribution in [-0.4, -0.2) is 25.2 Å². The van der Waals surface area contributed by atoms with E-state index < -0.39 is 39.9 Å². The van der Waals surface area contributed by atoms with Gasteiger partial charge >= 0.3 is 6.18 Å². The summed E-state index contributed by atoms with van der Waals surface area (Å²) < 4.78 is 67.8. The van der Waals surface area contributed by atoms with Gasteiger partial charge in [-0.2, -0.15) is 17.5 Å². The largest absolute Gasteiger partial charge is 0.418 e. The average molecular weight is 511 g/mol. The molecule has 3 rings (SSSR count). The first-order valence-corrected chi connectivity index (χ1v) is 12.0. The Morgan fingerprint density at radius 2 is 1.65 bits per heavy atom. The van der Waals surface area contributed by atoms with Crippen molar-refractivity contribution in [2.45, 2.75) is 31.5 Å². The van der Waals surface area contributed by atoms with Gasteiger partial charge in [-0.3, -0.25) is 4.79 Å². The van der Waals surface area contributed by atoms with E-state index in [2.05, 4.69) is 5.32 Å². The molecule has 0 bridgehead atoms. The third kappa shape index (κ3) is 6.37. The smallest absolute Gasteiger partial charge is 0.324 e. The number of hydrogen-bond acceptors (Lipinski definition) is 3. The van der Waals surface area contributed by atoms with Crippen molar-refractivity contribution in [3.05, 3.63) is 94.0 Å². The van der Waals surface area contributed by atoms with Gasteiger partial charge in [0.15, 0.2) is 0 Å². The third-order valence-electron chi connectivity index (χ3n) is 4.98. The predicted octanol–water partition coefficient (Wildman–Crippen LogP) is 5.81. The molecule has 0 aliphatic heterocycles. The zero-order chi connectivity index (χ0) is 25.1. The quantitative estimate of drug-likeness (QED) is 0.436. The van der Waals surface area contributed by atoms with Crippen LogP contribution in [-0.2, 0) is 27.5 Å². The van der Waals surface area contributed by atoms with Gasteiger partial charge in [-0.15, -0.1) is 0 Å². The molecule has 1 amide bonds. The minimum Gasteiger partial charge on any atom is -0.324 e. The Hall–Kier alpha value is -2.88.